The summed E-state index contributed by atoms with van der Waals surface area (Å²) in [7, 11) is 0. The fraction of sp³-hybridized carbons (Fsp3) is 0.154. The molecule has 0 saturated heterocycles. The van der Waals surface area contributed by atoms with E-state index in [9.17, 15) is 0 Å². The van der Waals surface area contributed by atoms with Gasteiger partial charge in [0.2, 0.25) is 0 Å². The summed E-state index contributed by atoms with van der Waals surface area (Å²) >= 11 is 6.03. The summed E-state index contributed by atoms with van der Waals surface area (Å²) in [5.41, 5.74) is 2.26. The minimum Gasteiger partial charge on any atom is -0.384 e. The molecule has 2 rings (SSSR count). The van der Waals surface area contributed by atoms with E-state index < -0.39 is 0 Å². The lowest BCUT2D eigenvalue weighted by Gasteiger charge is -2.07. The molecule has 0 bridgehead atoms. The van der Waals surface area contributed by atoms with E-state index >= 15 is 0 Å². The first-order chi connectivity index (χ1) is 7.86. The summed E-state index contributed by atoms with van der Waals surface area (Å²) in [6, 6.07) is 11.8. The second-order valence-corrected chi connectivity index (χ2v) is 3.92. The topological polar surface area (TPSA) is 24.9 Å². The molecule has 0 fully saturated rings. The van der Waals surface area contributed by atoms with Gasteiger partial charge in [-0.3, -0.25) is 4.98 Å². The first-order valence-corrected chi connectivity index (χ1v) is 5.61. The van der Waals surface area contributed by atoms with Crippen LogP contribution in [0.25, 0.3) is 0 Å². The molecule has 0 amide bonds. The quantitative estimate of drug-likeness (QED) is 0.874. The fourth-order valence-electron chi connectivity index (χ4n) is 1.50. The molecule has 16 heavy (non-hydrogen) atoms. The fourth-order valence-corrected chi connectivity index (χ4v) is 1.70. The van der Waals surface area contributed by atoms with Crippen LogP contribution in [-0.2, 0) is 6.42 Å². The van der Waals surface area contributed by atoms with Gasteiger partial charge in [-0.05, 0) is 36.2 Å². The van der Waals surface area contributed by atoms with E-state index in [0.717, 1.165) is 23.7 Å². The molecule has 0 atom stereocenters. The Morgan fingerprint density at radius 2 is 1.81 bits per heavy atom. The molecule has 1 aromatic carbocycles. The van der Waals surface area contributed by atoms with Gasteiger partial charge in [0, 0.05) is 18.9 Å². The molecule has 1 N–H and O–H groups in total. The summed E-state index contributed by atoms with van der Waals surface area (Å²) < 4.78 is 0. The van der Waals surface area contributed by atoms with E-state index in [1.165, 1.54) is 5.56 Å². The van der Waals surface area contributed by atoms with Gasteiger partial charge in [-0.2, -0.15) is 0 Å². The molecule has 1 heterocycles. The number of anilines is 1. The molecule has 2 aromatic rings. The number of nitrogens with one attached hydrogen (secondary N) is 1. The SMILES string of the molecule is Clc1ccccc1NCCc1ccncc1. The third-order valence-corrected chi connectivity index (χ3v) is 2.68. The zero-order chi connectivity index (χ0) is 11.2. The zero-order valence-corrected chi connectivity index (χ0v) is 9.61. The van der Waals surface area contributed by atoms with Crippen molar-refractivity contribution >= 4 is 17.3 Å². The Morgan fingerprint density at radius 3 is 2.56 bits per heavy atom. The van der Waals surface area contributed by atoms with Crippen molar-refractivity contribution in [3.05, 3.63) is 59.4 Å². The van der Waals surface area contributed by atoms with Gasteiger partial charge < -0.3 is 5.32 Å². The Balaban J connectivity index is 1.87. The highest BCUT2D eigenvalue weighted by molar-refractivity contribution is 6.33. The number of halogens is 1. The smallest absolute Gasteiger partial charge is 0.0637 e. The molecule has 3 heteroatoms. The van der Waals surface area contributed by atoms with Gasteiger partial charge in [0.05, 0.1) is 10.7 Å². The van der Waals surface area contributed by atoms with Crippen LogP contribution in [-0.4, -0.2) is 11.5 Å². The molecule has 2 nitrogen and oxygen atoms in total. The maximum absolute atomic E-state index is 6.03. The van der Waals surface area contributed by atoms with Crippen LogP contribution >= 0.6 is 11.6 Å². The minimum absolute atomic E-state index is 0.761. The second kappa shape index (κ2) is 5.52. The van der Waals surface area contributed by atoms with Crippen LogP contribution in [0.2, 0.25) is 5.02 Å². The highest BCUT2D eigenvalue weighted by Crippen LogP contribution is 2.20. The van der Waals surface area contributed by atoms with E-state index in [1.807, 2.05) is 48.8 Å². The van der Waals surface area contributed by atoms with Gasteiger partial charge in [-0.25, -0.2) is 0 Å². The van der Waals surface area contributed by atoms with Gasteiger partial charge in [-0.1, -0.05) is 23.7 Å². The predicted molar refractivity (Wildman–Crippen MR) is 67.9 cm³/mol. The van der Waals surface area contributed by atoms with Crippen LogP contribution in [0.4, 0.5) is 5.69 Å². The Kier molecular flexibility index (Phi) is 3.78. The van der Waals surface area contributed by atoms with Crippen molar-refractivity contribution in [2.75, 3.05) is 11.9 Å². The van der Waals surface area contributed by atoms with Crippen molar-refractivity contribution < 1.29 is 0 Å². The summed E-state index contributed by atoms with van der Waals surface area (Å²) in [5.74, 6) is 0. The molecule has 0 aliphatic carbocycles. The highest BCUT2D eigenvalue weighted by Gasteiger charge is 1.97. The number of hydrogen-bond acceptors (Lipinski definition) is 2. The molecule has 0 aliphatic rings. The van der Waals surface area contributed by atoms with Crippen molar-refractivity contribution in [3.63, 3.8) is 0 Å². The van der Waals surface area contributed by atoms with Crippen LogP contribution in [0.1, 0.15) is 5.56 Å². The van der Waals surface area contributed by atoms with Crippen LogP contribution in [0, 0.1) is 0 Å². The zero-order valence-electron chi connectivity index (χ0n) is 8.86. The summed E-state index contributed by atoms with van der Waals surface area (Å²) in [4.78, 5) is 3.98. The maximum atomic E-state index is 6.03. The molecule has 0 spiro atoms. The lowest BCUT2D eigenvalue weighted by atomic mass is 10.2. The molecule has 0 radical (unpaired) electrons. The lowest BCUT2D eigenvalue weighted by molar-refractivity contribution is 1.01. The molecule has 0 saturated carbocycles. The molecule has 82 valence electrons. The van der Waals surface area contributed by atoms with Gasteiger partial charge in [-0.15, -0.1) is 0 Å². The average Bonchev–Trinajstić information content (AvgIpc) is 2.33. The summed E-state index contributed by atoms with van der Waals surface area (Å²) in [6.45, 7) is 0.869. The largest absolute Gasteiger partial charge is 0.384 e. The van der Waals surface area contributed by atoms with E-state index in [2.05, 4.69) is 10.3 Å². The van der Waals surface area contributed by atoms with Crippen molar-refractivity contribution in [1.29, 1.82) is 0 Å². The number of pyridine rings is 1. The number of aromatic nitrogens is 1. The van der Waals surface area contributed by atoms with Gasteiger partial charge >= 0.3 is 0 Å². The second-order valence-electron chi connectivity index (χ2n) is 3.51. The molecule has 0 aliphatic heterocycles. The summed E-state index contributed by atoms with van der Waals surface area (Å²) in [5, 5.41) is 4.07. The van der Waals surface area contributed by atoms with E-state index in [0.29, 0.717) is 0 Å². The van der Waals surface area contributed by atoms with Gasteiger partial charge in [0.25, 0.3) is 0 Å². The Bertz CT molecular complexity index is 443. The first-order valence-electron chi connectivity index (χ1n) is 5.23. The number of nitrogens with zero attached hydrogens (tertiary/aromatic N) is 1. The van der Waals surface area contributed by atoms with Crippen molar-refractivity contribution in [2.24, 2.45) is 0 Å². The Labute approximate surface area is 100 Å². The number of rotatable bonds is 4. The molecule has 0 unspecified atom stereocenters. The van der Waals surface area contributed by atoms with Gasteiger partial charge in [0.1, 0.15) is 0 Å². The van der Waals surface area contributed by atoms with E-state index in [1.54, 1.807) is 0 Å². The molecular formula is C13H13ClN2. The maximum Gasteiger partial charge on any atom is 0.0637 e. The minimum atomic E-state index is 0.761. The monoisotopic (exact) mass is 232 g/mol. The Hall–Kier alpha value is -1.54. The third-order valence-electron chi connectivity index (χ3n) is 2.35. The van der Waals surface area contributed by atoms with E-state index in [4.69, 9.17) is 11.6 Å². The normalized spacial score (nSPS) is 10.1. The van der Waals surface area contributed by atoms with Crippen LogP contribution in [0.3, 0.4) is 0 Å². The van der Waals surface area contributed by atoms with Crippen LogP contribution < -0.4 is 5.32 Å². The van der Waals surface area contributed by atoms with Crippen molar-refractivity contribution in [1.82, 2.24) is 4.98 Å². The molecule has 1 aromatic heterocycles. The number of benzene rings is 1. The third kappa shape index (κ3) is 2.97. The van der Waals surface area contributed by atoms with Crippen LogP contribution in [0.5, 0.6) is 0 Å². The average molecular weight is 233 g/mol. The van der Waals surface area contributed by atoms with Crippen molar-refractivity contribution in [3.8, 4) is 0 Å². The Morgan fingerprint density at radius 1 is 1.06 bits per heavy atom. The van der Waals surface area contributed by atoms with E-state index in [-0.39, 0.29) is 0 Å². The number of hydrogen-bond donors (Lipinski definition) is 1. The predicted octanol–water partition coefficient (Wildman–Crippen LogP) is 3.39. The number of para-hydroxylation sites is 1. The van der Waals surface area contributed by atoms with Crippen LogP contribution in [0.15, 0.2) is 48.8 Å². The lowest BCUT2D eigenvalue weighted by Crippen LogP contribution is -2.05. The highest BCUT2D eigenvalue weighted by atomic mass is 35.5. The standard InChI is InChI=1S/C13H13ClN2/c14-12-3-1-2-4-13(12)16-10-7-11-5-8-15-9-6-11/h1-6,8-9,16H,7,10H2. The molecular weight excluding hydrogens is 220 g/mol. The first kappa shape index (κ1) is 11.0. The van der Waals surface area contributed by atoms with Crippen molar-refractivity contribution in [2.45, 2.75) is 6.42 Å². The summed E-state index contributed by atoms with van der Waals surface area (Å²) in [6.07, 6.45) is 4.59. The van der Waals surface area contributed by atoms with Gasteiger partial charge in [0.15, 0.2) is 0 Å².